The van der Waals surface area contributed by atoms with Gasteiger partial charge in [0.1, 0.15) is 5.42 Å². The Morgan fingerprint density at radius 1 is 1.60 bits per heavy atom. The highest BCUT2D eigenvalue weighted by Gasteiger charge is 2.06. The molecule has 0 radical (unpaired) electrons. The van der Waals surface area contributed by atoms with Crippen molar-refractivity contribution in [3.05, 3.63) is 44.8 Å². The van der Waals surface area contributed by atoms with Crippen molar-refractivity contribution in [3.63, 3.8) is 0 Å². The van der Waals surface area contributed by atoms with Crippen LogP contribution in [0.15, 0.2) is 27.4 Å². The molecule has 1 rings (SSSR count). The third kappa shape index (κ3) is 2.43. The second-order valence-electron chi connectivity index (χ2n) is 2.82. The largest absolute Gasteiger partial charge is 0.475 e. The molecule has 4 heteroatoms. The summed E-state index contributed by atoms with van der Waals surface area (Å²) < 4.78 is 4.98. The fourth-order valence-electron chi connectivity index (χ4n) is 0.961. The fourth-order valence-corrected chi connectivity index (χ4v) is 0.961. The molecule has 0 aromatic carbocycles. The summed E-state index contributed by atoms with van der Waals surface area (Å²) >= 11 is 0. The van der Waals surface area contributed by atoms with E-state index in [0.717, 1.165) is 6.07 Å². The van der Waals surface area contributed by atoms with Crippen LogP contribution in [-0.2, 0) is 0 Å². The lowest BCUT2D eigenvalue weighted by atomic mass is 10.3. The van der Waals surface area contributed by atoms with E-state index in [2.05, 4.69) is 6.58 Å². The van der Waals surface area contributed by atoms with Gasteiger partial charge in [0.25, 0.3) is 0 Å². The fraction of sp³-hybridized carbons (Fsp3) is 0.0909. The molecule has 1 aromatic heterocycles. The van der Waals surface area contributed by atoms with E-state index in [1.807, 2.05) is 0 Å². The lowest BCUT2D eigenvalue weighted by molar-refractivity contribution is 0.0656. The van der Waals surface area contributed by atoms with Crippen LogP contribution in [0.3, 0.4) is 0 Å². The maximum atomic E-state index is 11.3. The molecular weight excluding hydrogens is 196 g/mol. The van der Waals surface area contributed by atoms with Crippen LogP contribution in [0.25, 0.3) is 12.7 Å². The Kier molecular flexibility index (Phi) is 3.23. The molecule has 0 spiro atoms. The molecule has 0 aliphatic rings. The summed E-state index contributed by atoms with van der Waals surface area (Å²) in [5.74, 6) is -1.66. The summed E-state index contributed by atoms with van der Waals surface area (Å²) in [6.07, 6.45) is 4.86. The number of hydrogen-bond acceptors (Lipinski definition) is 3. The highest BCUT2D eigenvalue weighted by Crippen LogP contribution is 1.88. The Morgan fingerprint density at radius 3 is 2.80 bits per heavy atom. The van der Waals surface area contributed by atoms with Crippen LogP contribution in [0, 0.1) is 0 Å². The normalized spacial score (nSPS) is 12.2. The molecule has 78 valence electrons. The Balaban J connectivity index is 3.59. The molecule has 0 saturated heterocycles. The molecule has 0 aliphatic heterocycles. The Bertz CT molecular complexity index is 563. The first kappa shape index (κ1) is 11.0. The molecule has 0 bridgehead atoms. The monoisotopic (exact) mass is 206 g/mol. The molecule has 0 fully saturated rings. The van der Waals surface area contributed by atoms with Crippen LogP contribution in [-0.4, -0.2) is 11.1 Å². The summed E-state index contributed by atoms with van der Waals surface area (Å²) in [6.45, 7) is 5.30. The molecule has 0 aliphatic carbocycles. The molecule has 4 nitrogen and oxygen atoms in total. The Morgan fingerprint density at radius 2 is 2.27 bits per heavy atom. The van der Waals surface area contributed by atoms with Crippen molar-refractivity contribution in [2.75, 3.05) is 0 Å². The van der Waals surface area contributed by atoms with Crippen molar-refractivity contribution in [3.8, 4) is 0 Å². The van der Waals surface area contributed by atoms with E-state index < -0.39 is 11.4 Å². The topological polar surface area (TPSA) is 67.5 Å². The zero-order chi connectivity index (χ0) is 11.4. The summed E-state index contributed by atoms with van der Waals surface area (Å²) in [4.78, 5) is 21.9. The van der Waals surface area contributed by atoms with E-state index in [1.165, 1.54) is 6.08 Å². The van der Waals surface area contributed by atoms with Gasteiger partial charge in [-0.1, -0.05) is 18.7 Å². The van der Waals surface area contributed by atoms with Gasteiger partial charge in [-0.15, -0.1) is 0 Å². The van der Waals surface area contributed by atoms with Gasteiger partial charge in [-0.05, 0) is 13.0 Å². The lowest BCUT2D eigenvalue weighted by Gasteiger charge is -1.93. The molecule has 0 unspecified atom stereocenters. The highest BCUT2D eigenvalue weighted by atomic mass is 16.4. The third-order valence-electron chi connectivity index (χ3n) is 1.73. The van der Waals surface area contributed by atoms with Gasteiger partial charge in [-0.25, -0.2) is 4.79 Å². The van der Waals surface area contributed by atoms with Crippen molar-refractivity contribution in [2.24, 2.45) is 0 Å². The summed E-state index contributed by atoms with van der Waals surface area (Å²) in [5, 5.41) is 8.82. The second-order valence-corrected chi connectivity index (χ2v) is 2.82. The van der Waals surface area contributed by atoms with Crippen LogP contribution < -0.4 is 16.1 Å². The van der Waals surface area contributed by atoms with Gasteiger partial charge in [0.15, 0.2) is 5.43 Å². The first-order valence-corrected chi connectivity index (χ1v) is 4.25. The second kappa shape index (κ2) is 4.41. The minimum atomic E-state index is -1.28. The molecular formula is C11H10O4. The van der Waals surface area contributed by atoms with E-state index in [1.54, 1.807) is 19.1 Å². The Hall–Kier alpha value is -2.10. The van der Waals surface area contributed by atoms with Crippen molar-refractivity contribution in [1.29, 1.82) is 0 Å². The predicted octanol–water partition coefficient (Wildman–Crippen LogP) is 0.105. The average Bonchev–Trinajstić information content (AvgIpc) is 2.19. The van der Waals surface area contributed by atoms with Crippen molar-refractivity contribution < 1.29 is 14.3 Å². The minimum Gasteiger partial charge on any atom is -0.475 e. The number of carboxylic acid groups (broad SMARTS) is 1. The smallest absolute Gasteiger partial charge is 0.371 e. The average molecular weight is 206 g/mol. The summed E-state index contributed by atoms with van der Waals surface area (Å²) in [5.41, 5.74) is -0.285. The van der Waals surface area contributed by atoms with Crippen molar-refractivity contribution in [1.82, 2.24) is 0 Å². The van der Waals surface area contributed by atoms with E-state index in [9.17, 15) is 9.59 Å². The number of rotatable bonds is 2. The summed E-state index contributed by atoms with van der Waals surface area (Å²) in [6, 6.07) is 0.914. The van der Waals surface area contributed by atoms with Crippen LogP contribution in [0.5, 0.6) is 0 Å². The molecule has 0 atom stereocenters. The Labute approximate surface area is 85.5 Å². The molecule has 1 N–H and O–H groups in total. The molecule has 1 aromatic rings. The minimum absolute atomic E-state index is 0.151. The third-order valence-corrected chi connectivity index (χ3v) is 1.73. The SMILES string of the molecule is C=c1c(=O)cc(C(=O)O)o/c1=C/C=C\C. The molecule has 0 saturated carbocycles. The van der Waals surface area contributed by atoms with E-state index in [-0.39, 0.29) is 16.4 Å². The number of carbonyl (C=O) groups is 1. The van der Waals surface area contributed by atoms with Crippen LogP contribution >= 0.6 is 0 Å². The first-order chi connectivity index (χ1) is 7.06. The van der Waals surface area contributed by atoms with Crippen molar-refractivity contribution >= 4 is 18.6 Å². The lowest BCUT2D eigenvalue weighted by Crippen LogP contribution is -2.37. The zero-order valence-electron chi connectivity index (χ0n) is 8.19. The van der Waals surface area contributed by atoms with Gasteiger partial charge < -0.3 is 9.52 Å². The molecule has 1 heterocycles. The highest BCUT2D eigenvalue weighted by molar-refractivity contribution is 5.84. The maximum absolute atomic E-state index is 11.3. The number of hydrogen-bond donors (Lipinski definition) is 1. The van der Waals surface area contributed by atoms with Gasteiger partial charge in [0.2, 0.25) is 5.76 Å². The predicted molar refractivity (Wildman–Crippen MR) is 56.0 cm³/mol. The molecule has 15 heavy (non-hydrogen) atoms. The van der Waals surface area contributed by atoms with Crippen LogP contribution in [0.1, 0.15) is 17.5 Å². The van der Waals surface area contributed by atoms with E-state index >= 15 is 0 Å². The van der Waals surface area contributed by atoms with Crippen LogP contribution in [0.4, 0.5) is 0 Å². The number of carboxylic acids is 1. The van der Waals surface area contributed by atoms with Gasteiger partial charge in [-0.2, -0.15) is 0 Å². The van der Waals surface area contributed by atoms with Gasteiger partial charge in [0, 0.05) is 6.07 Å². The maximum Gasteiger partial charge on any atom is 0.371 e. The first-order valence-electron chi connectivity index (χ1n) is 4.25. The standard InChI is InChI=1S/C11H10O4/c1-3-4-5-9-7(2)8(12)6-10(15-9)11(13)14/h3-6H,2H2,1H3,(H,13,14)/b4-3-,9-5+. The van der Waals surface area contributed by atoms with Gasteiger partial charge in [-0.3, -0.25) is 4.79 Å². The zero-order valence-corrected chi connectivity index (χ0v) is 8.19. The van der Waals surface area contributed by atoms with Crippen LogP contribution in [0.2, 0.25) is 0 Å². The number of aromatic carboxylic acids is 1. The van der Waals surface area contributed by atoms with Gasteiger partial charge >= 0.3 is 5.97 Å². The van der Waals surface area contributed by atoms with Crippen molar-refractivity contribution in [2.45, 2.75) is 6.92 Å². The van der Waals surface area contributed by atoms with Gasteiger partial charge in [0.05, 0.1) is 5.22 Å². The quantitative estimate of drug-likeness (QED) is 0.745. The molecule has 0 amide bonds. The van der Waals surface area contributed by atoms with E-state index in [0.29, 0.717) is 0 Å². The van der Waals surface area contributed by atoms with E-state index in [4.69, 9.17) is 9.52 Å². The summed E-state index contributed by atoms with van der Waals surface area (Å²) in [7, 11) is 0. The number of allylic oxidation sites excluding steroid dienone is 2.